The van der Waals surface area contributed by atoms with Gasteiger partial charge in [0, 0.05) is 86.0 Å². The molecular formula is C96H62N4S. The molecular weight excluding hydrogens is 1240 g/mol. The highest BCUT2D eigenvalue weighted by molar-refractivity contribution is 7.26. The standard InChI is InChI=1S/C48H30N2S.C48H32N2/c1-2-13-34(14-3-1)49-43-21-7-4-16-37(43)41-29-31(24-26-45(41)49)32-25-27-46-42(30-32)38-17-5-8-22-44(38)50(46)35-15-10-12-33(28-35)36-19-11-20-40-39-18-6-9-23-47(39)51-48(36)40;1-4-12-33(13-5-1)35-20-25-40(26-21-35)50-45-19-11-10-18-41(45)42-31-37(23-28-46(42)50)38-24-29-48-44(32-38)43-30-36(34-14-6-2-7-15-34)22-27-47(43)49(48)39-16-8-3-9-17-39/h1-30H;1-32H. The summed E-state index contributed by atoms with van der Waals surface area (Å²) in [5.41, 5.74) is 26.6. The molecule has 0 saturated carbocycles. The lowest BCUT2D eigenvalue weighted by molar-refractivity contribution is 1.18. The zero-order chi connectivity index (χ0) is 66.5. The molecule has 0 unspecified atom stereocenters. The van der Waals surface area contributed by atoms with E-state index in [1.165, 1.54) is 180 Å². The molecule has 0 aliphatic carbocycles. The molecule has 0 N–H and O–H groups in total. The summed E-state index contributed by atoms with van der Waals surface area (Å²) < 4.78 is 12.3. The van der Waals surface area contributed by atoms with Gasteiger partial charge >= 0.3 is 0 Å². The van der Waals surface area contributed by atoms with Crippen molar-refractivity contribution in [2.24, 2.45) is 0 Å². The van der Waals surface area contributed by atoms with Crippen LogP contribution in [0.1, 0.15) is 0 Å². The minimum absolute atomic E-state index is 1.16. The van der Waals surface area contributed by atoms with E-state index < -0.39 is 0 Å². The van der Waals surface area contributed by atoms with Gasteiger partial charge in [0.05, 0.1) is 44.1 Å². The van der Waals surface area contributed by atoms with Gasteiger partial charge in [-0.25, -0.2) is 0 Å². The molecule has 5 aromatic heterocycles. The van der Waals surface area contributed by atoms with Crippen LogP contribution < -0.4 is 0 Å². The third kappa shape index (κ3) is 9.73. The Bertz CT molecular complexity index is 6790. The Labute approximate surface area is 587 Å². The first-order chi connectivity index (χ1) is 50.1. The van der Waals surface area contributed by atoms with E-state index in [2.05, 4.69) is 394 Å². The van der Waals surface area contributed by atoms with Crippen LogP contribution in [0.15, 0.2) is 376 Å². The molecule has 0 fully saturated rings. The van der Waals surface area contributed by atoms with Crippen LogP contribution in [0.2, 0.25) is 0 Å². The zero-order valence-electron chi connectivity index (χ0n) is 55.0. The van der Waals surface area contributed by atoms with E-state index >= 15 is 0 Å². The fourth-order valence-corrected chi connectivity index (χ4v) is 17.2. The third-order valence-corrected chi connectivity index (χ3v) is 21.9. The van der Waals surface area contributed by atoms with E-state index in [1.54, 1.807) is 0 Å². The largest absolute Gasteiger partial charge is 0.309 e. The highest BCUT2D eigenvalue weighted by Crippen LogP contribution is 2.45. The molecule has 21 rings (SSSR count). The van der Waals surface area contributed by atoms with Crippen molar-refractivity contribution in [1.29, 1.82) is 0 Å². The lowest BCUT2D eigenvalue weighted by Gasteiger charge is -2.11. The summed E-state index contributed by atoms with van der Waals surface area (Å²) in [6.45, 7) is 0. The van der Waals surface area contributed by atoms with Gasteiger partial charge < -0.3 is 18.3 Å². The van der Waals surface area contributed by atoms with Crippen LogP contribution in [0.25, 0.3) is 186 Å². The van der Waals surface area contributed by atoms with E-state index in [4.69, 9.17) is 0 Å². The molecule has 0 atom stereocenters. The summed E-state index contributed by atoms with van der Waals surface area (Å²) in [5, 5.41) is 12.7. The van der Waals surface area contributed by atoms with Crippen LogP contribution in [-0.2, 0) is 0 Å². The van der Waals surface area contributed by atoms with Gasteiger partial charge in [0.25, 0.3) is 0 Å². The summed E-state index contributed by atoms with van der Waals surface area (Å²) in [6, 6.07) is 137. The number of thiophene rings is 1. The van der Waals surface area contributed by atoms with Crippen LogP contribution in [-0.4, -0.2) is 18.3 Å². The number of aromatic nitrogens is 4. The molecule has 16 aromatic carbocycles. The maximum atomic E-state index is 2.43. The Kier molecular flexibility index (Phi) is 13.7. The van der Waals surface area contributed by atoms with Gasteiger partial charge in [0.2, 0.25) is 0 Å². The lowest BCUT2D eigenvalue weighted by Crippen LogP contribution is -1.94. The van der Waals surface area contributed by atoms with Crippen LogP contribution in [0.4, 0.5) is 0 Å². The smallest absolute Gasteiger partial charge is 0.0541 e. The molecule has 0 spiro atoms. The number of hydrogen-bond donors (Lipinski definition) is 0. The second kappa shape index (κ2) is 23.9. The van der Waals surface area contributed by atoms with Gasteiger partial charge in [-0.05, 0) is 189 Å². The van der Waals surface area contributed by atoms with Crippen LogP contribution in [0.3, 0.4) is 0 Å². The molecule has 4 nitrogen and oxygen atoms in total. The van der Waals surface area contributed by atoms with Crippen molar-refractivity contribution < 1.29 is 0 Å². The van der Waals surface area contributed by atoms with E-state index in [9.17, 15) is 0 Å². The fourth-order valence-electron chi connectivity index (χ4n) is 16.0. The quantitative estimate of drug-likeness (QED) is 0.137. The average molecular weight is 1300 g/mol. The lowest BCUT2D eigenvalue weighted by atomic mass is 9.99. The summed E-state index contributed by atoms with van der Waals surface area (Å²) in [6.07, 6.45) is 0. The highest BCUT2D eigenvalue weighted by Gasteiger charge is 2.21. The first kappa shape index (κ1) is 58.1. The van der Waals surface area contributed by atoms with E-state index in [-0.39, 0.29) is 0 Å². The van der Waals surface area contributed by atoms with Crippen molar-refractivity contribution in [2.45, 2.75) is 0 Å². The maximum Gasteiger partial charge on any atom is 0.0541 e. The molecule has 0 radical (unpaired) electrons. The Morgan fingerprint density at radius 2 is 0.446 bits per heavy atom. The molecule has 0 aliphatic rings. The Morgan fingerprint density at radius 1 is 0.158 bits per heavy atom. The monoisotopic (exact) mass is 1300 g/mol. The maximum absolute atomic E-state index is 2.43. The Morgan fingerprint density at radius 3 is 0.901 bits per heavy atom. The number of benzene rings is 16. The van der Waals surface area contributed by atoms with Gasteiger partial charge in [-0.1, -0.05) is 243 Å². The predicted octanol–water partition coefficient (Wildman–Crippen LogP) is 26.5. The Hall–Kier alpha value is -13.1. The fraction of sp³-hybridized carbons (Fsp3) is 0. The third-order valence-electron chi connectivity index (χ3n) is 20.6. The van der Waals surface area contributed by atoms with Gasteiger partial charge in [-0.2, -0.15) is 0 Å². The number of hydrogen-bond acceptors (Lipinski definition) is 1. The molecule has 472 valence electrons. The van der Waals surface area contributed by atoms with Gasteiger partial charge in [0.1, 0.15) is 0 Å². The molecule has 0 aliphatic heterocycles. The van der Waals surface area contributed by atoms with Gasteiger partial charge in [0.15, 0.2) is 0 Å². The van der Waals surface area contributed by atoms with Crippen molar-refractivity contribution in [1.82, 2.24) is 18.3 Å². The summed E-state index contributed by atoms with van der Waals surface area (Å²) in [4.78, 5) is 0. The summed E-state index contributed by atoms with van der Waals surface area (Å²) in [5.74, 6) is 0. The summed E-state index contributed by atoms with van der Waals surface area (Å²) >= 11 is 1.88. The summed E-state index contributed by atoms with van der Waals surface area (Å²) in [7, 11) is 0. The number of rotatable bonds is 9. The first-order valence-electron chi connectivity index (χ1n) is 34.6. The minimum atomic E-state index is 1.16. The van der Waals surface area contributed by atoms with Crippen LogP contribution in [0.5, 0.6) is 0 Å². The van der Waals surface area contributed by atoms with Gasteiger partial charge in [-0.3, -0.25) is 0 Å². The van der Waals surface area contributed by atoms with E-state index in [0.717, 1.165) is 5.69 Å². The number of para-hydroxylation sites is 5. The highest BCUT2D eigenvalue weighted by atomic mass is 32.1. The van der Waals surface area contributed by atoms with Crippen molar-refractivity contribution in [3.05, 3.63) is 376 Å². The molecule has 0 saturated heterocycles. The molecule has 0 amide bonds. The molecule has 101 heavy (non-hydrogen) atoms. The molecule has 5 heterocycles. The SMILES string of the molecule is c1ccc(-c2ccc(-n3c4ccccc4c4cc(-c5ccc6c(c5)c5cc(-c7ccccc7)ccc5n6-c5ccccc5)ccc43)cc2)cc1.c1ccc(-n2c3ccccc3c3cc(-c4ccc5c(c4)c4ccccc4n5-c4cccc(-c5cccc6c5sc5ccccc56)c4)ccc32)cc1. The zero-order valence-corrected chi connectivity index (χ0v) is 55.8. The van der Waals surface area contributed by atoms with Gasteiger partial charge in [-0.15, -0.1) is 11.3 Å². The van der Waals surface area contributed by atoms with Crippen LogP contribution in [0, 0.1) is 0 Å². The Balaban J connectivity index is 0.000000136. The predicted molar refractivity (Wildman–Crippen MR) is 430 cm³/mol. The second-order valence-electron chi connectivity index (χ2n) is 26.3. The van der Waals surface area contributed by atoms with Crippen molar-refractivity contribution in [2.75, 3.05) is 0 Å². The number of fused-ring (bicyclic) bond motifs is 15. The van der Waals surface area contributed by atoms with E-state index in [0.29, 0.717) is 0 Å². The van der Waals surface area contributed by atoms with E-state index in [1.807, 2.05) is 11.3 Å². The molecule has 0 bridgehead atoms. The first-order valence-corrected chi connectivity index (χ1v) is 35.4. The van der Waals surface area contributed by atoms with Crippen molar-refractivity contribution in [3.8, 4) is 78.4 Å². The molecule has 5 heteroatoms. The minimum Gasteiger partial charge on any atom is -0.309 e. The van der Waals surface area contributed by atoms with Crippen molar-refractivity contribution >= 4 is 119 Å². The van der Waals surface area contributed by atoms with Crippen LogP contribution >= 0.6 is 11.3 Å². The normalized spacial score (nSPS) is 11.8. The van der Waals surface area contributed by atoms with Crippen molar-refractivity contribution in [3.63, 3.8) is 0 Å². The number of nitrogens with zero attached hydrogens (tertiary/aromatic N) is 4. The topological polar surface area (TPSA) is 19.7 Å². The second-order valence-corrected chi connectivity index (χ2v) is 27.4. The molecule has 21 aromatic rings. The average Bonchev–Trinajstić information content (AvgIpc) is 1.60.